The van der Waals surface area contributed by atoms with Gasteiger partial charge in [0.2, 0.25) is 0 Å². The Morgan fingerprint density at radius 3 is 2.43 bits per heavy atom. The van der Waals surface area contributed by atoms with Crippen molar-refractivity contribution in [2.24, 2.45) is 0 Å². The number of nitrogens with one attached hydrogen (secondary N) is 1. The molecule has 2 aliphatic rings. The van der Waals surface area contributed by atoms with Crippen LogP contribution in [0.15, 0.2) is 24.3 Å². The summed E-state index contributed by atoms with van der Waals surface area (Å²) in [5, 5.41) is 3.36. The summed E-state index contributed by atoms with van der Waals surface area (Å²) >= 11 is 0. The number of rotatable bonds is 4. The Morgan fingerprint density at radius 1 is 1.22 bits per heavy atom. The molecule has 0 spiro atoms. The zero-order chi connectivity index (χ0) is 16.5. The third-order valence-electron chi connectivity index (χ3n) is 4.82. The second kappa shape index (κ2) is 6.24. The Bertz CT molecular complexity index is 678. The van der Waals surface area contributed by atoms with Crippen molar-refractivity contribution in [2.75, 3.05) is 24.6 Å². The number of benzene rings is 1. The number of sulfone groups is 1. The van der Waals surface area contributed by atoms with Crippen LogP contribution in [-0.4, -0.2) is 49.4 Å². The van der Waals surface area contributed by atoms with E-state index >= 15 is 0 Å². The normalized spacial score (nSPS) is 26.6. The summed E-state index contributed by atoms with van der Waals surface area (Å²) in [6.45, 7) is 4.29. The zero-order valence-corrected chi connectivity index (χ0v) is 14.4. The highest BCUT2D eigenvalue weighted by molar-refractivity contribution is 7.91. The molecule has 1 atom stereocenters. The van der Waals surface area contributed by atoms with Gasteiger partial charge in [0.1, 0.15) is 0 Å². The molecule has 2 aliphatic heterocycles. The van der Waals surface area contributed by atoms with Gasteiger partial charge >= 0.3 is 0 Å². The highest BCUT2D eigenvalue weighted by Gasteiger charge is 2.37. The van der Waals surface area contributed by atoms with E-state index in [0.717, 1.165) is 37.1 Å². The summed E-state index contributed by atoms with van der Waals surface area (Å²) in [5.74, 6) is 0.571. The number of hydrogen-bond donors (Lipinski definition) is 1. The predicted octanol–water partition coefficient (Wildman–Crippen LogP) is 1.59. The molecule has 6 heteroatoms. The molecule has 1 aromatic carbocycles. The van der Waals surface area contributed by atoms with Crippen molar-refractivity contribution >= 4 is 15.7 Å². The molecule has 0 aliphatic carbocycles. The van der Waals surface area contributed by atoms with Crippen LogP contribution in [0.3, 0.4) is 0 Å². The van der Waals surface area contributed by atoms with Gasteiger partial charge in [-0.25, -0.2) is 8.42 Å². The molecule has 2 heterocycles. The molecule has 1 amide bonds. The monoisotopic (exact) mass is 336 g/mol. The Kier molecular flexibility index (Phi) is 4.47. The van der Waals surface area contributed by atoms with Crippen molar-refractivity contribution in [2.45, 2.75) is 38.3 Å². The lowest BCUT2D eigenvalue weighted by Crippen LogP contribution is -2.42. The highest BCUT2D eigenvalue weighted by Crippen LogP contribution is 2.23. The number of carbonyl (C=O) groups is 1. The van der Waals surface area contributed by atoms with Gasteiger partial charge in [-0.05, 0) is 43.9 Å². The summed E-state index contributed by atoms with van der Waals surface area (Å²) in [4.78, 5) is 14.2. The third-order valence-corrected chi connectivity index (χ3v) is 6.72. The van der Waals surface area contributed by atoms with Crippen LogP contribution >= 0.6 is 0 Å². The van der Waals surface area contributed by atoms with Crippen molar-refractivity contribution in [3.63, 3.8) is 0 Å². The summed E-state index contributed by atoms with van der Waals surface area (Å²) in [6, 6.07) is 7.63. The minimum atomic E-state index is -2.90. The minimum absolute atomic E-state index is 0.107. The third kappa shape index (κ3) is 3.93. The molecular formula is C17H24N2O3S. The second-order valence-corrected chi connectivity index (χ2v) is 9.14. The molecule has 0 radical (unpaired) electrons. The Labute approximate surface area is 138 Å². The molecule has 23 heavy (non-hydrogen) atoms. The van der Waals surface area contributed by atoms with Crippen LogP contribution in [0.4, 0.5) is 0 Å². The van der Waals surface area contributed by atoms with Crippen molar-refractivity contribution < 1.29 is 13.2 Å². The molecule has 5 nitrogen and oxygen atoms in total. The lowest BCUT2D eigenvalue weighted by atomic mass is 10.0. The summed E-state index contributed by atoms with van der Waals surface area (Å²) < 4.78 is 23.2. The number of hydrogen-bond acceptors (Lipinski definition) is 4. The van der Waals surface area contributed by atoms with Gasteiger partial charge in [-0.1, -0.05) is 12.1 Å². The molecule has 0 saturated carbocycles. The van der Waals surface area contributed by atoms with E-state index in [1.807, 2.05) is 36.1 Å². The molecule has 0 aromatic heterocycles. The van der Waals surface area contributed by atoms with Gasteiger partial charge < -0.3 is 10.2 Å². The van der Waals surface area contributed by atoms with Crippen LogP contribution in [-0.2, 0) is 16.4 Å². The molecule has 126 valence electrons. The van der Waals surface area contributed by atoms with Gasteiger partial charge in [0.15, 0.2) is 9.84 Å². The van der Waals surface area contributed by atoms with Crippen LogP contribution in [0, 0.1) is 0 Å². The largest absolute Gasteiger partial charge is 0.339 e. The first kappa shape index (κ1) is 16.5. The topological polar surface area (TPSA) is 66.5 Å². The van der Waals surface area contributed by atoms with E-state index in [9.17, 15) is 13.2 Å². The molecule has 0 bridgehead atoms. The Morgan fingerprint density at radius 2 is 1.87 bits per heavy atom. The van der Waals surface area contributed by atoms with Crippen LogP contribution in [0.25, 0.3) is 0 Å². The fourth-order valence-corrected chi connectivity index (χ4v) is 5.46. The van der Waals surface area contributed by atoms with Crippen molar-refractivity contribution in [3.05, 3.63) is 35.4 Å². The van der Waals surface area contributed by atoms with Gasteiger partial charge in [-0.15, -0.1) is 0 Å². The molecule has 1 aromatic rings. The minimum Gasteiger partial charge on any atom is -0.339 e. The average Bonchev–Trinajstić information content (AvgIpc) is 3.14. The summed E-state index contributed by atoms with van der Waals surface area (Å²) in [7, 11) is -2.90. The molecular weight excluding hydrogens is 312 g/mol. The SMILES string of the molecule is C[C@@]1(NCc2ccc(C(=O)N3CCCC3)cc2)CCS(=O)(=O)C1. The summed E-state index contributed by atoms with van der Waals surface area (Å²) in [5.41, 5.74) is 1.45. The molecule has 2 fully saturated rings. The maximum absolute atomic E-state index is 12.3. The molecule has 1 N–H and O–H groups in total. The van der Waals surface area contributed by atoms with Gasteiger partial charge in [0, 0.05) is 30.7 Å². The maximum Gasteiger partial charge on any atom is 0.253 e. The van der Waals surface area contributed by atoms with Crippen LogP contribution in [0.1, 0.15) is 42.1 Å². The van der Waals surface area contributed by atoms with Gasteiger partial charge in [0.05, 0.1) is 11.5 Å². The second-order valence-electron chi connectivity index (χ2n) is 6.95. The van der Waals surface area contributed by atoms with Crippen molar-refractivity contribution in [3.8, 4) is 0 Å². The van der Waals surface area contributed by atoms with Crippen LogP contribution in [0.2, 0.25) is 0 Å². The molecule has 3 rings (SSSR count). The number of nitrogens with zero attached hydrogens (tertiary/aromatic N) is 1. The lowest BCUT2D eigenvalue weighted by molar-refractivity contribution is 0.0793. The lowest BCUT2D eigenvalue weighted by Gasteiger charge is -2.24. The van der Waals surface area contributed by atoms with E-state index in [-0.39, 0.29) is 23.0 Å². The summed E-state index contributed by atoms with van der Waals surface area (Å²) in [6.07, 6.45) is 2.84. The van der Waals surface area contributed by atoms with E-state index in [0.29, 0.717) is 13.0 Å². The smallest absolute Gasteiger partial charge is 0.253 e. The van der Waals surface area contributed by atoms with E-state index in [1.54, 1.807) is 0 Å². The molecule has 2 saturated heterocycles. The van der Waals surface area contributed by atoms with Gasteiger partial charge in [-0.2, -0.15) is 0 Å². The first-order valence-electron chi connectivity index (χ1n) is 8.21. The van der Waals surface area contributed by atoms with E-state index < -0.39 is 9.84 Å². The zero-order valence-electron chi connectivity index (χ0n) is 13.5. The number of carbonyl (C=O) groups excluding carboxylic acids is 1. The van der Waals surface area contributed by atoms with E-state index in [2.05, 4.69) is 5.32 Å². The fourth-order valence-electron chi connectivity index (χ4n) is 3.33. The van der Waals surface area contributed by atoms with Crippen LogP contribution < -0.4 is 5.32 Å². The Balaban J connectivity index is 1.58. The first-order valence-corrected chi connectivity index (χ1v) is 10.0. The predicted molar refractivity (Wildman–Crippen MR) is 90.1 cm³/mol. The average molecular weight is 336 g/mol. The molecule has 0 unspecified atom stereocenters. The van der Waals surface area contributed by atoms with E-state index in [4.69, 9.17) is 0 Å². The van der Waals surface area contributed by atoms with Gasteiger partial charge in [-0.3, -0.25) is 4.79 Å². The first-order chi connectivity index (χ1) is 10.9. The fraction of sp³-hybridized carbons (Fsp3) is 0.588. The highest BCUT2D eigenvalue weighted by atomic mass is 32.2. The van der Waals surface area contributed by atoms with Crippen molar-refractivity contribution in [1.29, 1.82) is 0 Å². The Hall–Kier alpha value is -1.40. The maximum atomic E-state index is 12.3. The van der Waals surface area contributed by atoms with E-state index in [1.165, 1.54) is 0 Å². The van der Waals surface area contributed by atoms with Gasteiger partial charge in [0.25, 0.3) is 5.91 Å². The van der Waals surface area contributed by atoms with Crippen molar-refractivity contribution in [1.82, 2.24) is 10.2 Å². The van der Waals surface area contributed by atoms with Crippen LogP contribution in [0.5, 0.6) is 0 Å². The number of likely N-dealkylation sites (tertiary alicyclic amines) is 1. The standard InChI is InChI=1S/C17H24N2O3S/c1-17(8-11-23(21,22)13-17)18-12-14-4-6-15(7-5-14)16(20)19-9-2-3-10-19/h4-7,18H,2-3,8-13H2,1H3/t17-/m1/s1. The quantitative estimate of drug-likeness (QED) is 0.907. The number of amides is 1.